The Morgan fingerprint density at radius 1 is 0.808 bits per heavy atom. The number of ether oxygens (including phenoxy) is 1. The third-order valence-corrected chi connectivity index (χ3v) is 3.96. The van der Waals surface area contributed by atoms with Gasteiger partial charge in [0.1, 0.15) is 6.04 Å². The first-order chi connectivity index (χ1) is 12.4. The van der Waals surface area contributed by atoms with Gasteiger partial charge in [-0.2, -0.15) is 0 Å². The van der Waals surface area contributed by atoms with Crippen LogP contribution < -0.4 is 5.32 Å². The molecule has 26 heavy (non-hydrogen) atoms. The first-order valence-corrected chi connectivity index (χ1v) is 8.55. The summed E-state index contributed by atoms with van der Waals surface area (Å²) in [5.41, 5.74) is 0.932. The fourth-order valence-corrected chi connectivity index (χ4v) is 2.45. The zero-order valence-electron chi connectivity index (χ0n) is 15.1. The van der Waals surface area contributed by atoms with Gasteiger partial charge in [0.25, 0.3) is 5.91 Å². The van der Waals surface area contributed by atoms with E-state index >= 15 is 0 Å². The Bertz CT molecular complexity index is 756. The predicted molar refractivity (Wildman–Crippen MR) is 98.9 cm³/mol. The second-order valence-corrected chi connectivity index (χ2v) is 6.37. The molecule has 0 saturated carbocycles. The molecule has 2 aromatic rings. The highest BCUT2D eigenvalue weighted by molar-refractivity contribution is 6.01. The number of hydrogen-bond acceptors (Lipinski definition) is 4. The molecule has 1 N–H and O–H groups in total. The highest BCUT2D eigenvalue weighted by atomic mass is 16.5. The molecular formula is C21H23NO4. The molecule has 0 aliphatic rings. The molecule has 0 saturated heterocycles. The van der Waals surface area contributed by atoms with Crippen LogP contribution in [0.2, 0.25) is 0 Å². The normalized spacial score (nSPS) is 12.9. The van der Waals surface area contributed by atoms with E-state index in [9.17, 15) is 14.4 Å². The molecule has 0 fully saturated rings. The second kappa shape index (κ2) is 8.94. The number of amides is 1. The van der Waals surface area contributed by atoms with Crippen molar-refractivity contribution >= 4 is 17.7 Å². The Kier molecular flexibility index (Phi) is 6.67. The van der Waals surface area contributed by atoms with Crippen LogP contribution in [0.25, 0.3) is 0 Å². The minimum absolute atomic E-state index is 0.186. The molecule has 2 atom stereocenters. The number of nitrogens with one attached hydrogen (secondary N) is 1. The number of hydrogen-bond donors (Lipinski definition) is 1. The maximum atomic E-state index is 12.5. The zero-order chi connectivity index (χ0) is 19.1. The summed E-state index contributed by atoms with van der Waals surface area (Å²) in [6.45, 7) is 5.14. The maximum absolute atomic E-state index is 12.5. The van der Waals surface area contributed by atoms with Crippen molar-refractivity contribution in [3.63, 3.8) is 0 Å². The first kappa shape index (κ1) is 19.4. The molecule has 0 aliphatic carbocycles. The summed E-state index contributed by atoms with van der Waals surface area (Å²) < 4.78 is 5.32. The van der Waals surface area contributed by atoms with E-state index in [2.05, 4.69) is 5.32 Å². The average Bonchev–Trinajstić information content (AvgIpc) is 2.66. The highest BCUT2D eigenvalue weighted by Gasteiger charge is 2.29. The van der Waals surface area contributed by atoms with Crippen molar-refractivity contribution in [3.05, 3.63) is 71.8 Å². The van der Waals surface area contributed by atoms with Crippen molar-refractivity contribution in [1.82, 2.24) is 5.32 Å². The van der Waals surface area contributed by atoms with E-state index in [0.717, 1.165) is 0 Å². The van der Waals surface area contributed by atoms with Crippen LogP contribution in [0.1, 0.15) is 41.5 Å². The molecule has 0 spiro atoms. The number of benzene rings is 2. The van der Waals surface area contributed by atoms with Crippen LogP contribution in [-0.2, 0) is 9.53 Å². The van der Waals surface area contributed by atoms with Gasteiger partial charge in [0.2, 0.25) is 5.78 Å². The molecular weight excluding hydrogens is 330 g/mol. The second-order valence-electron chi connectivity index (χ2n) is 6.37. The van der Waals surface area contributed by atoms with Gasteiger partial charge in [0.05, 0.1) is 0 Å². The highest BCUT2D eigenvalue weighted by Crippen LogP contribution is 2.11. The standard InChI is InChI=1S/C21H23NO4/c1-14(2)18(22-20(24)17-12-8-5-9-13-17)21(25)26-15(3)19(23)16-10-6-4-7-11-16/h4-15,18H,1-3H3,(H,22,24)/t15?,18-/m0/s1. The molecule has 2 aromatic carbocycles. The van der Waals surface area contributed by atoms with Crippen LogP contribution in [0.3, 0.4) is 0 Å². The van der Waals surface area contributed by atoms with Gasteiger partial charge in [0.15, 0.2) is 6.10 Å². The summed E-state index contributed by atoms with van der Waals surface area (Å²) in [5.74, 6) is -1.45. The minimum Gasteiger partial charge on any atom is -0.453 e. The van der Waals surface area contributed by atoms with Crippen molar-refractivity contribution in [2.45, 2.75) is 32.9 Å². The van der Waals surface area contributed by atoms with Crippen molar-refractivity contribution in [2.75, 3.05) is 0 Å². The molecule has 0 heterocycles. The summed E-state index contributed by atoms with van der Waals surface area (Å²) in [5, 5.41) is 2.69. The van der Waals surface area contributed by atoms with E-state index in [4.69, 9.17) is 4.74 Å². The fraction of sp³-hybridized carbons (Fsp3) is 0.286. The van der Waals surface area contributed by atoms with Gasteiger partial charge in [-0.05, 0) is 25.0 Å². The van der Waals surface area contributed by atoms with Crippen molar-refractivity contribution in [1.29, 1.82) is 0 Å². The lowest BCUT2D eigenvalue weighted by Gasteiger charge is -2.23. The Morgan fingerprint density at radius 2 is 1.31 bits per heavy atom. The van der Waals surface area contributed by atoms with Crippen molar-refractivity contribution in [3.8, 4) is 0 Å². The number of carbonyl (C=O) groups is 3. The van der Waals surface area contributed by atoms with E-state index in [-0.39, 0.29) is 17.6 Å². The summed E-state index contributed by atoms with van der Waals surface area (Å²) in [4.78, 5) is 37.2. The van der Waals surface area contributed by atoms with Gasteiger partial charge in [0, 0.05) is 11.1 Å². The average molecular weight is 353 g/mol. The summed E-state index contributed by atoms with van der Waals surface area (Å²) >= 11 is 0. The van der Waals surface area contributed by atoms with Gasteiger partial charge in [-0.25, -0.2) is 4.79 Å². The van der Waals surface area contributed by atoms with Gasteiger partial charge >= 0.3 is 5.97 Å². The molecule has 1 unspecified atom stereocenters. The van der Waals surface area contributed by atoms with Gasteiger partial charge < -0.3 is 10.1 Å². The van der Waals surface area contributed by atoms with Gasteiger partial charge in [-0.1, -0.05) is 62.4 Å². The first-order valence-electron chi connectivity index (χ1n) is 8.55. The fourth-order valence-electron chi connectivity index (χ4n) is 2.45. The monoisotopic (exact) mass is 353 g/mol. The molecule has 0 bridgehead atoms. The van der Waals surface area contributed by atoms with Crippen LogP contribution >= 0.6 is 0 Å². The third-order valence-electron chi connectivity index (χ3n) is 3.96. The smallest absolute Gasteiger partial charge is 0.329 e. The lowest BCUT2D eigenvalue weighted by atomic mass is 10.0. The molecule has 136 valence electrons. The molecule has 0 aromatic heterocycles. The van der Waals surface area contributed by atoms with Crippen LogP contribution in [0.5, 0.6) is 0 Å². The minimum atomic E-state index is -0.931. The number of carbonyl (C=O) groups excluding carboxylic acids is 3. The summed E-state index contributed by atoms with van der Waals surface area (Å²) in [6, 6.07) is 16.4. The number of Topliss-reactive ketones (excluding diaryl/α,β-unsaturated/α-hetero) is 1. The number of ketones is 1. The van der Waals surface area contributed by atoms with E-state index < -0.39 is 18.1 Å². The SMILES string of the molecule is CC(OC(=O)[C@@H](NC(=O)c1ccccc1)C(C)C)C(=O)c1ccccc1. The quantitative estimate of drug-likeness (QED) is 0.613. The Morgan fingerprint density at radius 3 is 1.81 bits per heavy atom. The maximum Gasteiger partial charge on any atom is 0.329 e. The topological polar surface area (TPSA) is 72.5 Å². The van der Waals surface area contributed by atoms with E-state index in [1.807, 2.05) is 6.07 Å². The van der Waals surface area contributed by atoms with E-state index in [1.165, 1.54) is 6.92 Å². The number of rotatable bonds is 7. The Labute approximate surface area is 153 Å². The van der Waals surface area contributed by atoms with E-state index in [1.54, 1.807) is 68.4 Å². The Hall–Kier alpha value is -2.95. The summed E-state index contributed by atoms with van der Waals surface area (Å²) in [7, 11) is 0. The van der Waals surface area contributed by atoms with Crippen LogP contribution in [0.4, 0.5) is 0 Å². The Balaban J connectivity index is 2.04. The van der Waals surface area contributed by atoms with Gasteiger partial charge in [-0.3, -0.25) is 9.59 Å². The largest absolute Gasteiger partial charge is 0.453 e. The lowest BCUT2D eigenvalue weighted by Crippen LogP contribution is -2.46. The number of esters is 1. The van der Waals surface area contributed by atoms with Crippen molar-refractivity contribution < 1.29 is 19.1 Å². The molecule has 5 nitrogen and oxygen atoms in total. The van der Waals surface area contributed by atoms with Crippen LogP contribution in [0, 0.1) is 5.92 Å². The predicted octanol–water partition coefficient (Wildman–Crippen LogP) is 3.26. The molecule has 0 radical (unpaired) electrons. The molecule has 1 amide bonds. The molecule has 2 rings (SSSR count). The third kappa shape index (κ3) is 5.02. The van der Waals surface area contributed by atoms with Crippen LogP contribution in [-0.4, -0.2) is 29.8 Å². The molecule has 0 aliphatic heterocycles. The molecule has 5 heteroatoms. The van der Waals surface area contributed by atoms with Crippen molar-refractivity contribution in [2.24, 2.45) is 5.92 Å². The summed E-state index contributed by atoms with van der Waals surface area (Å²) in [6.07, 6.45) is -0.931. The van der Waals surface area contributed by atoms with Crippen LogP contribution in [0.15, 0.2) is 60.7 Å². The van der Waals surface area contributed by atoms with Gasteiger partial charge in [-0.15, -0.1) is 0 Å². The zero-order valence-corrected chi connectivity index (χ0v) is 15.1. The van der Waals surface area contributed by atoms with E-state index in [0.29, 0.717) is 11.1 Å². The lowest BCUT2D eigenvalue weighted by molar-refractivity contribution is -0.149.